The van der Waals surface area contributed by atoms with E-state index in [-0.39, 0.29) is 12.1 Å². The lowest BCUT2D eigenvalue weighted by molar-refractivity contribution is 0.0997. The van der Waals surface area contributed by atoms with Crippen LogP contribution in [0.15, 0.2) is 45.9 Å². The molecule has 0 aliphatic heterocycles. The van der Waals surface area contributed by atoms with Gasteiger partial charge in [0.1, 0.15) is 38.7 Å². The highest BCUT2D eigenvalue weighted by atomic mass is 35.5. The number of aryl methyl sites for hydroxylation is 1. The molecule has 0 saturated carbocycles. The molecule has 9 heteroatoms. The number of rotatable bonds is 5. The Morgan fingerprint density at radius 2 is 1.97 bits per heavy atom. The average molecular weight is 468 g/mol. The van der Waals surface area contributed by atoms with Gasteiger partial charge in [0, 0.05) is 5.56 Å². The number of thiazole rings is 1. The highest BCUT2D eigenvalue weighted by Crippen LogP contribution is 2.35. The van der Waals surface area contributed by atoms with E-state index in [4.69, 9.17) is 32.0 Å². The van der Waals surface area contributed by atoms with Crippen LogP contribution in [0.1, 0.15) is 16.1 Å². The van der Waals surface area contributed by atoms with Crippen molar-refractivity contribution in [2.24, 2.45) is 4.99 Å². The lowest BCUT2D eigenvalue weighted by atomic mass is 10.1. The van der Waals surface area contributed by atoms with E-state index in [0.29, 0.717) is 43.9 Å². The van der Waals surface area contributed by atoms with Crippen LogP contribution in [0.4, 0.5) is 0 Å². The summed E-state index contributed by atoms with van der Waals surface area (Å²) in [5.74, 6) is 3.66. The Morgan fingerprint density at radius 1 is 1.25 bits per heavy atom. The zero-order valence-corrected chi connectivity index (χ0v) is 19.1. The van der Waals surface area contributed by atoms with Crippen molar-refractivity contribution < 1.29 is 18.8 Å². The van der Waals surface area contributed by atoms with E-state index >= 15 is 0 Å². The quantitative estimate of drug-likeness (QED) is 0.397. The summed E-state index contributed by atoms with van der Waals surface area (Å²) in [6.45, 7) is 1.85. The maximum absolute atomic E-state index is 13.3. The molecule has 0 bridgehead atoms. The third-order valence-corrected chi connectivity index (χ3v) is 6.27. The first kappa shape index (κ1) is 21.7. The van der Waals surface area contributed by atoms with Crippen LogP contribution in [0, 0.1) is 19.3 Å². The molecule has 0 saturated heterocycles. The van der Waals surface area contributed by atoms with Crippen molar-refractivity contribution in [1.82, 2.24) is 9.72 Å². The predicted octanol–water partition coefficient (Wildman–Crippen LogP) is 4.71. The summed E-state index contributed by atoms with van der Waals surface area (Å²) >= 11 is 7.59. The van der Waals surface area contributed by atoms with Crippen LogP contribution in [-0.4, -0.2) is 29.9 Å². The number of terminal acetylenes is 1. The number of carbonyl (C=O) groups is 1. The number of aromatic nitrogens is 2. The van der Waals surface area contributed by atoms with Gasteiger partial charge in [-0.2, -0.15) is 4.99 Å². The Bertz CT molecular complexity index is 1440. The SMILES string of the molecule is C#CCn1c(=NC(=O)c2c(-c3ccccc3Cl)noc2C)sc2c(OC)ccc(OC)c21. The number of carbonyl (C=O) groups excluding carboxylic acids is 1. The molecule has 2 aromatic carbocycles. The molecule has 32 heavy (non-hydrogen) atoms. The molecule has 162 valence electrons. The standard InChI is InChI=1S/C23H18ClN3O4S/c1-5-12-27-20-16(29-3)10-11-17(30-4)21(20)32-23(27)25-22(28)18-13(2)31-26-19(18)14-8-6-7-9-15(14)24/h1,6-11H,12H2,2-4H3. The summed E-state index contributed by atoms with van der Waals surface area (Å²) in [7, 11) is 3.14. The molecule has 4 rings (SSSR count). The molecule has 7 nitrogen and oxygen atoms in total. The van der Waals surface area contributed by atoms with Crippen molar-refractivity contribution in [2.45, 2.75) is 13.5 Å². The van der Waals surface area contributed by atoms with Crippen LogP contribution < -0.4 is 14.3 Å². The van der Waals surface area contributed by atoms with Crippen molar-refractivity contribution in [1.29, 1.82) is 0 Å². The Hall–Kier alpha value is -3.54. The minimum absolute atomic E-state index is 0.190. The summed E-state index contributed by atoms with van der Waals surface area (Å²) in [4.78, 5) is 18.1. The van der Waals surface area contributed by atoms with Gasteiger partial charge in [0.25, 0.3) is 5.91 Å². The Balaban J connectivity index is 1.95. The second kappa shape index (κ2) is 8.91. The van der Waals surface area contributed by atoms with E-state index in [0.717, 1.165) is 4.70 Å². The first-order valence-corrected chi connectivity index (χ1v) is 10.7. The fourth-order valence-electron chi connectivity index (χ4n) is 3.38. The Morgan fingerprint density at radius 3 is 2.66 bits per heavy atom. The molecule has 0 atom stereocenters. The lowest BCUT2D eigenvalue weighted by Crippen LogP contribution is -2.17. The molecule has 2 aromatic heterocycles. The molecule has 0 aliphatic rings. The number of halogens is 1. The van der Waals surface area contributed by atoms with Crippen molar-refractivity contribution >= 4 is 39.1 Å². The molecular weight excluding hydrogens is 450 g/mol. The first-order chi connectivity index (χ1) is 15.5. The normalized spacial score (nSPS) is 11.5. The molecule has 2 heterocycles. The van der Waals surface area contributed by atoms with Crippen LogP contribution in [0.3, 0.4) is 0 Å². The minimum Gasteiger partial charge on any atom is -0.495 e. The summed E-state index contributed by atoms with van der Waals surface area (Å²) < 4.78 is 18.8. The largest absolute Gasteiger partial charge is 0.495 e. The zero-order valence-electron chi connectivity index (χ0n) is 17.5. The maximum Gasteiger partial charge on any atom is 0.285 e. The molecule has 0 spiro atoms. The van der Waals surface area contributed by atoms with Crippen LogP contribution in [-0.2, 0) is 6.54 Å². The smallest absolute Gasteiger partial charge is 0.285 e. The van der Waals surface area contributed by atoms with Gasteiger partial charge >= 0.3 is 0 Å². The van der Waals surface area contributed by atoms with E-state index < -0.39 is 5.91 Å². The van der Waals surface area contributed by atoms with Gasteiger partial charge in [-0.3, -0.25) is 4.79 Å². The number of nitrogens with zero attached hydrogens (tertiary/aromatic N) is 3. The van der Waals surface area contributed by atoms with E-state index in [1.54, 1.807) is 56.0 Å². The van der Waals surface area contributed by atoms with Crippen molar-refractivity contribution in [3.05, 3.63) is 57.5 Å². The van der Waals surface area contributed by atoms with Gasteiger partial charge in [-0.15, -0.1) is 6.42 Å². The number of hydrogen-bond acceptors (Lipinski definition) is 6. The van der Waals surface area contributed by atoms with Gasteiger partial charge in [-0.1, -0.05) is 52.2 Å². The van der Waals surface area contributed by atoms with Crippen LogP contribution in [0.5, 0.6) is 11.5 Å². The second-order valence-corrected chi connectivity index (χ2v) is 8.07. The third kappa shape index (κ3) is 3.66. The van der Waals surface area contributed by atoms with E-state index in [1.165, 1.54) is 11.3 Å². The van der Waals surface area contributed by atoms with Crippen molar-refractivity contribution in [3.63, 3.8) is 0 Å². The number of benzene rings is 2. The predicted molar refractivity (Wildman–Crippen MR) is 123 cm³/mol. The Kier molecular flexibility index (Phi) is 6.04. The summed E-state index contributed by atoms with van der Waals surface area (Å²) in [6, 6.07) is 10.7. The van der Waals surface area contributed by atoms with Crippen LogP contribution in [0.2, 0.25) is 5.02 Å². The van der Waals surface area contributed by atoms with E-state index in [9.17, 15) is 4.79 Å². The van der Waals surface area contributed by atoms with E-state index in [2.05, 4.69) is 16.1 Å². The lowest BCUT2D eigenvalue weighted by Gasteiger charge is -2.08. The van der Waals surface area contributed by atoms with Crippen LogP contribution in [0.25, 0.3) is 21.5 Å². The molecule has 0 fully saturated rings. The van der Waals surface area contributed by atoms with Crippen molar-refractivity contribution in [2.75, 3.05) is 14.2 Å². The molecule has 0 aliphatic carbocycles. The van der Waals surface area contributed by atoms with Gasteiger partial charge in [-0.05, 0) is 25.1 Å². The monoisotopic (exact) mass is 467 g/mol. The highest BCUT2D eigenvalue weighted by molar-refractivity contribution is 7.16. The number of amides is 1. The van der Waals surface area contributed by atoms with Crippen LogP contribution >= 0.6 is 22.9 Å². The molecule has 4 aromatic rings. The fraction of sp³-hybridized carbons (Fsp3) is 0.174. The molecule has 1 amide bonds. The van der Waals surface area contributed by atoms with Gasteiger partial charge in [0.2, 0.25) is 0 Å². The second-order valence-electron chi connectivity index (χ2n) is 6.68. The molecule has 0 radical (unpaired) electrons. The fourth-order valence-corrected chi connectivity index (χ4v) is 4.74. The number of hydrogen-bond donors (Lipinski definition) is 0. The van der Waals surface area contributed by atoms with Gasteiger partial charge in [0.15, 0.2) is 4.80 Å². The minimum atomic E-state index is -0.520. The number of methoxy groups -OCH3 is 2. The maximum atomic E-state index is 13.3. The zero-order chi connectivity index (χ0) is 22.8. The average Bonchev–Trinajstić information content (AvgIpc) is 3.34. The highest BCUT2D eigenvalue weighted by Gasteiger charge is 2.24. The summed E-state index contributed by atoms with van der Waals surface area (Å²) in [6.07, 6.45) is 5.60. The van der Waals surface area contributed by atoms with E-state index in [1.807, 2.05) is 6.07 Å². The molecule has 0 N–H and O–H groups in total. The molecular formula is C23H18ClN3O4S. The van der Waals surface area contributed by atoms with Gasteiger partial charge in [-0.25, -0.2) is 0 Å². The number of ether oxygens (including phenoxy) is 2. The summed E-state index contributed by atoms with van der Waals surface area (Å²) in [5, 5.41) is 4.50. The number of fused-ring (bicyclic) bond motifs is 1. The van der Waals surface area contributed by atoms with Crippen molar-refractivity contribution in [3.8, 4) is 35.1 Å². The molecule has 0 unspecified atom stereocenters. The third-order valence-electron chi connectivity index (χ3n) is 4.84. The van der Waals surface area contributed by atoms with Gasteiger partial charge < -0.3 is 18.6 Å². The topological polar surface area (TPSA) is 78.9 Å². The first-order valence-electron chi connectivity index (χ1n) is 9.48. The van der Waals surface area contributed by atoms with Gasteiger partial charge in [0.05, 0.1) is 25.8 Å². The summed E-state index contributed by atoms with van der Waals surface area (Å²) in [5.41, 5.74) is 1.86. The Labute approximate surface area is 192 Å².